The second-order valence-corrected chi connectivity index (χ2v) is 7.24. The molecule has 0 saturated carbocycles. The molecule has 8 nitrogen and oxygen atoms in total. The van der Waals surface area contributed by atoms with Crippen LogP contribution in [0.15, 0.2) is 53.5 Å². The summed E-state index contributed by atoms with van der Waals surface area (Å²) in [6.07, 6.45) is 0.424. The van der Waals surface area contributed by atoms with Gasteiger partial charge in [-0.1, -0.05) is 24.3 Å². The summed E-state index contributed by atoms with van der Waals surface area (Å²) in [5.74, 6) is 1.31. The normalized spacial score (nSPS) is 15.0. The van der Waals surface area contributed by atoms with Crippen molar-refractivity contribution in [3.05, 3.63) is 54.1 Å². The first-order valence-electron chi connectivity index (χ1n) is 10.5. The summed E-state index contributed by atoms with van der Waals surface area (Å²) >= 11 is 0. The summed E-state index contributed by atoms with van der Waals surface area (Å²) < 4.78 is 5.76. The standard InChI is InChI=1S/C23H29N5O3.HI/c1-3-24-23(25-11-12-31-19-8-6-7-18(14-19)27-16(2)29)26-15-17-13-22(30)28-21-10-5-4-9-20(17)21;/h4-10,14,17H,3,11-13,15H2,1-2H3,(H,27,29)(H,28,30)(H2,24,25,26);1H. The van der Waals surface area contributed by atoms with Crippen LogP contribution < -0.4 is 26.0 Å². The van der Waals surface area contributed by atoms with E-state index in [0.29, 0.717) is 43.5 Å². The zero-order chi connectivity index (χ0) is 22.1. The SMILES string of the molecule is CCNC(=NCC1CC(=O)Nc2ccccc21)NCCOc1cccc(NC(C)=O)c1.I. The monoisotopic (exact) mass is 551 g/mol. The molecule has 9 heteroatoms. The van der Waals surface area contributed by atoms with Crippen LogP contribution in [0.4, 0.5) is 11.4 Å². The van der Waals surface area contributed by atoms with Gasteiger partial charge in [-0.3, -0.25) is 14.6 Å². The van der Waals surface area contributed by atoms with E-state index in [0.717, 1.165) is 17.8 Å². The third kappa shape index (κ3) is 7.70. The largest absolute Gasteiger partial charge is 0.492 e. The molecule has 2 aromatic rings. The molecule has 0 aliphatic carbocycles. The number of fused-ring (bicyclic) bond motifs is 1. The number of hydrogen-bond donors (Lipinski definition) is 4. The Morgan fingerprint density at radius 1 is 1.19 bits per heavy atom. The predicted octanol–water partition coefficient (Wildman–Crippen LogP) is 3.32. The summed E-state index contributed by atoms with van der Waals surface area (Å²) in [7, 11) is 0. The van der Waals surface area contributed by atoms with Gasteiger partial charge < -0.3 is 26.0 Å². The number of carbonyl (C=O) groups is 2. The lowest BCUT2D eigenvalue weighted by molar-refractivity contribution is -0.117. The van der Waals surface area contributed by atoms with Gasteiger partial charge in [-0.05, 0) is 30.7 Å². The summed E-state index contributed by atoms with van der Waals surface area (Å²) in [6.45, 7) is 5.70. The molecule has 1 unspecified atom stereocenters. The molecule has 1 heterocycles. The molecule has 0 spiro atoms. The smallest absolute Gasteiger partial charge is 0.225 e. The first-order valence-corrected chi connectivity index (χ1v) is 10.5. The summed E-state index contributed by atoms with van der Waals surface area (Å²) in [5.41, 5.74) is 2.68. The van der Waals surface area contributed by atoms with E-state index in [4.69, 9.17) is 4.74 Å². The number of carbonyl (C=O) groups excluding carboxylic acids is 2. The third-order valence-corrected chi connectivity index (χ3v) is 4.74. The number of benzene rings is 2. The topological polar surface area (TPSA) is 104 Å². The van der Waals surface area contributed by atoms with Crippen molar-refractivity contribution in [3.8, 4) is 5.75 Å². The van der Waals surface area contributed by atoms with Gasteiger partial charge in [0.15, 0.2) is 5.96 Å². The Morgan fingerprint density at radius 2 is 2.00 bits per heavy atom. The molecule has 172 valence electrons. The van der Waals surface area contributed by atoms with Crippen molar-refractivity contribution < 1.29 is 14.3 Å². The molecule has 32 heavy (non-hydrogen) atoms. The number of halogens is 1. The number of ether oxygens (including phenoxy) is 1. The van der Waals surface area contributed by atoms with Gasteiger partial charge in [0, 0.05) is 43.2 Å². The van der Waals surface area contributed by atoms with Gasteiger partial charge in [0.2, 0.25) is 11.8 Å². The Balaban J connectivity index is 0.00000363. The number of aliphatic imine (C=N–C) groups is 1. The Labute approximate surface area is 205 Å². The highest BCUT2D eigenvalue weighted by Gasteiger charge is 2.24. The van der Waals surface area contributed by atoms with Gasteiger partial charge >= 0.3 is 0 Å². The zero-order valence-corrected chi connectivity index (χ0v) is 20.6. The van der Waals surface area contributed by atoms with Crippen LogP contribution in [0, 0.1) is 0 Å². The summed E-state index contributed by atoms with van der Waals surface area (Å²) in [6, 6.07) is 15.1. The molecule has 4 N–H and O–H groups in total. The quantitative estimate of drug-likeness (QED) is 0.175. The van der Waals surface area contributed by atoms with Crippen LogP contribution in [0.2, 0.25) is 0 Å². The molecule has 0 aromatic heterocycles. The first-order chi connectivity index (χ1) is 15.0. The molecule has 0 saturated heterocycles. The number of hydrogen-bond acceptors (Lipinski definition) is 4. The van der Waals surface area contributed by atoms with Crippen LogP contribution in [-0.4, -0.2) is 44.0 Å². The van der Waals surface area contributed by atoms with Crippen LogP contribution in [0.3, 0.4) is 0 Å². The second kappa shape index (κ2) is 12.9. The lowest BCUT2D eigenvalue weighted by Gasteiger charge is -2.24. The fourth-order valence-electron chi connectivity index (χ4n) is 3.41. The zero-order valence-electron chi connectivity index (χ0n) is 18.3. The molecule has 2 aromatic carbocycles. The minimum Gasteiger partial charge on any atom is -0.492 e. The molecule has 0 fully saturated rings. The highest BCUT2D eigenvalue weighted by Crippen LogP contribution is 2.31. The van der Waals surface area contributed by atoms with Crippen molar-refractivity contribution in [2.75, 3.05) is 36.9 Å². The first kappa shape index (κ1) is 25.4. The summed E-state index contributed by atoms with van der Waals surface area (Å²) in [5, 5.41) is 12.1. The summed E-state index contributed by atoms with van der Waals surface area (Å²) in [4.78, 5) is 27.9. The maximum absolute atomic E-state index is 12.0. The molecule has 1 atom stereocenters. The maximum atomic E-state index is 12.0. The lowest BCUT2D eigenvalue weighted by Crippen LogP contribution is -2.39. The van der Waals surface area contributed by atoms with E-state index in [1.54, 1.807) is 6.07 Å². The van der Waals surface area contributed by atoms with E-state index in [1.807, 2.05) is 49.4 Å². The van der Waals surface area contributed by atoms with Gasteiger partial charge in [0.1, 0.15) is 12.4 Å². The number of nitrogens with zero attached hydrogens (tertiary/aromatic N) is 1. The fraction of sp³-hybridized carbons (Fsp3) is 0.348. The van der Waals surface area contributed by atoms with E-state index >= 15 is 0 Å². The maximum Gasteiger partial charge on any atom is 0.225 e. The molecular formula is C23H30IN5O3. The number of amides is 2. The second-order valence-electron chi connectivity index (χ2n) is 7.24. The van der Waals surface area contributed by atoms with Gasteiger partial charge in [-0.15, -0.1) is 24.0 Å². The molecule has 0 bridgehead atoms. The van der Waals surface area contributed by atoms with Crippen molar-refractivity contribution in [1.29, 1.82) is 0 Å². The van der Waals surface area contributed by atoms with E-state index < -0.39 is 0 Å². The molecule has 2 amide bonds. The van der Waals surface area contributed by atoms with Crippen molar-refractivity contribution in [2.24, 2.45) is 4.99 Å². The van der Waals surface area contributed by atoms with Crippen LogP contribution >= 0.6 is 24.0 Å². The number of guanidine groups is 1. The molecule has 0 radical (unpaired) electrons. The number of rotatable bonds is 8. The number of para-hydroxylation sites is 1. The predicted molar refractivity (Wildman–Crippen MR) is 138 cm³/mol. The minimum atomic E-state index is -0.122. The molecule has 1 aliphatic rings. The minimum absolute atomic E-state index is 0. The fourth-order valence-corrected chi connectivity index (χ4v) is 3.41. The van der Waals surface area contributed by atoms with Crippen molar-refractivity contribution in [3.63, 3.8) is 0 Å². The van der Waals surface area contributed by atoms with E-state index in [-0.39, 0.29) is 41.7 Å². The average Bonchev–Trinajstić information content (AvgIpc) is 2.74. The Morgan fingerprint density at radius 3 is 2.78 bits per heavy atom. The molecule has 3 rings (SSSR count). The lowest BCUT2D eigenvalue weighted by atomic mass is 9.91. The Bertz CT molecular complexity index is 951. The van der Waals surface area contributed by atoms with Crippen LogP contribution in [0.25, 0.3) is 0 Å². The third-order valence-electron chi connectivity index (χ3n) is 4.74. The van der Waals surface area contributed by atoms with Crippen LogP contribution in [-0.2, 0) is 9.59 Å². The van der Waals surface area contributed by atoms with Gasteiger partial charge in [-0.2, -0.15) is 0 Å². The van der Waals surface area contributed by atoms with Crippen molar-refractivity contribution >= 4 is 53.1 Å². The molecular weight excluding hydrogens is 521 g/mol. The molecule has 1 aliphatic heterocycles. The van der Waals surface area contributed by atoms with Crippen LogP contribution in [0.1, 0.15) is 31.7 Å². The number of anilines is 2. The van der Waals surface area contributed by atoms with Gasteiger partial charge in [0.05, 0.1) is 13.1 Å². The Kier molecular flexibility index (Phi) is 10.3. The van der Waals surface area contributed by atoms with Gasteiger partial charge in [-0.25, -0.2) is 0 Å². The highest BCUT2D eigenvalue weighted by atomic mass is 127. The van der Waals surface area contributed by atoms with Crippen molar-refractivity contribution in [2.45, 2.75) is 26.2 Å². The average molecular weight is 551 g/mol. The highest BCUT2D eigenvalue weighted by molar-refractivity contribution is 14.0. The van der Waals surface area contributed by atoms with E-state index in [2.05, 4.69) is 26.3 Å². The van der Waals surface area contributed by atoms with E-state index in [9.17, 15) is 9.59 Å². The van der Waals surface area contributed by atoms with Crippen LogP contribution in [0.5, 0.6) is 5.75 Å². The Hall–Kier alpha value is -2.82. The van der Waals surface area contributed by atoms with Gasteiger partial charge in [0.25, 0.3) is 0 Å². The van der Waals surface area contributed by atoms with E-state index in [1.165, 1.54) is 6.92 Å². The van der Waals surface area contributed by atoms with Crippen molar-refractivity contribution in [1.82, 2.24) is 10.6 Å². The number of nitrogens with one attached hydrogen (secondary N) is 4.